The summed E-state index contributed by atoms with van der Waals surface area (Å²) in [5.74, 6) is 1.51. The lowest BCUT2D eigenvalue weighted by molar-refractivity contribution is 0.00226. The van der Waals surface area contributed by atoms with Crippen molar-refractivity contribution >= 4 is 5.69 Å². The molecule has 1 saturated carbocycles. The van der Waals surface area contributed by atoms with Crippen LogP contribution in [-0.2, 0) is 0 Å². The van der Waals surface area contributed by atoms with Crippen molar-refractivity contribution in [2.24, 2.45) is 5.92 Å². The van der Waals surface area contributed by atoms with Crippen molar-refractivity contribution in [3.8, 4) is 5.75 Å². The summed E-state index contributed by atoms with van der Waals surface area (Å²) in [7, 11) is 1.64. The highest BCUT2D eigenvalue weighted by Gasteiger charge is 2.32. The number of aromatic nitrogens is 1. The Labute approximate surface area is 121 Å². The maximum atomic E-state index is 10.7. The minimum atomic E-state index is -0.589. The van der Waals surface area contributed by atoms with Gasteiger partial charge in [-0.2, -0.15) is 0 Å². The minimum absolute atomic E-state index is 0.573. The molecular weight excluding hydrogens is 252 g/mol. The molecule has 2 rings (SSSR count). The Morgan fingerprint density at radius 2 is 2.15 bits per heavy atom. The molecule has 0 atom stereocenters. The Balaban J connectivity index is 1.96. The first-order valence-corrected chi connectivity index (χ1v) is 7.53. The fourth-order valence-corrected chi connectivity index (χ4v) is 2.91. The molecular formula is C16H26N2O2. The molecule has 1 aromatic rings. The number of hydrogen-bond donors (Lipinski definition) is 2. The lowest BCUT2D eigenvalue weighted by Crippen LogP contribution is -2.40. The first-order valence-electron chi connectivity index (χ1n) is 7.53. The Morgan fingerprint density at radius 1 is 1.45 bits per heavy atom. The standard InChI is InChI=1S/C16H26N2O2/c1-4-13-5-7-16(19,8-6-13)11-18-14-9-12(2)17-10-15(14)20-3/h9-10,13,19H,4-8,11H2,1-3H3,(H,17,18). The number of ether oxygens (including phenoxy) is 1. The summed E-state index contributed by atoms with van der Waals surface area (Å²) < 4.78 is 5.30. The molecule has 2 N–H and O–H groups in total. The highest BCUT2D eigenvalue weighted by atomic mass is 16.5. The van der Waals surface area contributed by atoms with E-state index in [9.17, 15) is 5.11 Å². The minimum Gasteiger partial charge on any atom is -0.493 e. The molecule has 1 heterocycles. The number of methoxy groups -OCH3 is 1. The molecule has 20 heavy (non-hydrogen) atoms. The van der Waals surface area contributed by atoms with Gasteiger partial charge in [-0.05, 0) is 44.6 Å². The van der Waals surface area contributed by atoms with Crippen molar-refractivity contribution in [2.45, 2.75) is 51.6 Å². The third kappa shape index (κ3) is 3.63. The number of hydrogen-bond acceptors (Lipinski definition) is 4. The number of nitrogens with zero attached hydrogens (tertiary/aromatic N) is 1. The monoisotopic (exact) mass is 278 g/mol. The second kappa shape index (κ2) is 6.44. The van der Waals surface area contributed by atoms with Gasteiger partial charge in [0, 0.05) is 12.2 Å². The Kier molecular flexibility index (Phi) is 4.86. The maximum Gasteiger partial charge on any atom is 0.160 e. The summed E-state index contributed by atoms with van der Waals surface area (Å²) in [5.41, 5.74) is 1.26. The van der Waals surface area contributed by atoms with Crippen molar-refractivity contribution in [1.29, 1.82) is 0 Å². The van der Waals surface area contributed by atoms with Crippen molar-refractivity contribution in [1.82, 2.24) is 4.98 Å². The number of aryl methyl sites for hydroxylation is 1. The van der Waals surface area contributed by atoms with E-state index in [1.165, 1.54) is 6.42 Å². The van der Waals surface area contributed by atoms with E-state index < -0.39 is 5.60 Å². The van der Waals surface area contributed by atoms with Gasteiger partial charge in [0.15, 0.2) is 5.75 Å². The van der Waals surface area contributed by atoms with Crippen molar-refractivity contribution in [2.75, 3.05) is 19.0 Å². The molecule has 0 spiro atoms. The van der Waals surface area contributed by atoms with Crippen LogP contribution in [0.25, 0.3) is 0 Å². The number of aliphatic hydroxyl groups is 1. The highest BCUT2D eigenvalue weighted by Crippen LogP contribution is 2.34. The van der Waals surface area contributed by atoms with Crippen LogP contribution in [0.5, 0.6) is 5.75 Å². The molecule has 1 fully saturated rings. The number of pyridine rings is 1. The van der Waals surface area contributed by atoms with Crippen LogP contribution >= 0.6 is 0 Å². The quantitative estimate of drug-likeness (QED) is 0.869. The van der Waals surface area contributed by atoms with Gasteiger partial charge < -0.3 is 15.2 Å². The van der Waals surface area contributed by atoms with Gasteiger partial charge in [0.25, 0.3) is 0 Å². The molecule has 4 nitrogen and oxygen atoms in total. The predicted octanol–water partition coefficient (Wildman–Crippen LogP) is 3.14. The van der Waals surface area contributed by atoms with E-state index in [1.807, 2.05) is 13.0 Å². The van der Waals surface area contributed by atoms with Crippen molar-refractivity contribution in [3.05, 3.63) is 18.0 Å². The van der Waals surface area contributed by atoms with Crippen molar-refractivity contribution in [3.63, 3.8) is 0 Å². The van der Waals surface area contributed by atoms with E-state index >= 15 is 0 Å². The molecule has 0 aromatic carbocycles. The van der Waals surface area contributed by atoms with Crippen LogP contribution in [0.4, 0.5) is 5.69 Å². The van der Waals surface area contributed by atoms with Gasteiger partial charge in [-0.1, -0.05) is 13.3 Å². The van der Waals surface area contributed by atoms with Gasteiger partial charge in [-0.3, -0.25) is 4.98 Å². The van der Waals surface area contributed by atoms with Crippen LogP contribution in [0.15, 0.2) is 12.3 Å². The third-order valence-corrected chi connectivity index (χ3v) is 4.45. The Bertz CT molecular complexity index is 440. The van der Waals surface area contributed by atoms with Crippen LogP contribution < -0.4 is 10.1 Å². The zero-order valence-electron chi connectivity index (χ0n) is 12.8. The predicted molar refractivity (Wildman–Crippen MR) is 81.2 cm³/mol. The largest absolute Gasteiger partial charge is 0.493 e. The lowest BCUT2D eigenvalue weighted by atomic mass is 9.78. The average molecular weight is 278 g/mol. The Hall–Kier alpha value is -1.29. The molecule has 1 aromatic heterocycles. The van der Waals surface area contributed by atoms with Crippen LogP contribution in [0, 0.1) is 12.8 Å². The van der Waals surface area contributed by atoms with Crippen LogP contribution in [0.3, 0.4) is 0 Å². The van der Waals surface area contributed by atoms with E-state index in [0.29, 0.717) is 6.54 Å². The second-order valence-corrected chi connectivity index (χ2v) is 5.96. The van der Waals surface area contributed by atoms with Gasteiger partial charge >= 0.3 is 0 Å². The topological polar surface area (TPSA) is 54.4 Å². The normalized spacial score (nSPS) is 26.3. The second-order valence-electron chi connectivity index (χ2n) is 5.96. The van der Waals surface area contributed by atoms with Gasteiger partial charge in [-0.25, -0.2) is 0 Å². The molecule has 0 saturated heterocycles. The lowest BCUT2D eigenvalue weighted by Gasteiger charge is -2.36. The first-order chi connectivity index (χ1) is 9.56. The summed E-state index contributed by atoms with van der Waals surface area (Å²) in [4.78, 5) is 4.22. The summed E-state index contributed by atoms with van der Waals surface area (Å²) in [5, 5.41) is 14.0. The van der Waals surface area contributed by atoms with E-state index in [1.54, 1.807) is 13.3 Å². The number of rotatable bonds is 5. The zero-order chi connectivity index (χ0) is 14.6. The average Bonchev–Trinajstić information content (AvgIpc) is 2.46. The molecule has 0 bridgehead atoms. The van der Waals surface area contributed by atoms with Gasteiger partial charge in [0.2, 0.25) is 0 Å². The third-order valence-electron chi connectivity index (χ3n) is 4.45. The van der Waals surface area contributed by atoms with Crippen LogP contribution in [0.1, 0.15) is 44.7 Å². The molecule has 0 radical (unpaired) electrons. The van der Waals surface area contributed by atoms with Crippen LogP contribution in [0.2, 0.25) is 0 Å². The fourth-order valence-electron chi connectivity index (χ4n) is 2.91. The summed E-state index contributed by atoms with van der Waals surface area (Å²) in [6.07, 6.45) is 6.95. The summed E-state index contributed by atoms with van der Waals surface area (Å²) >= 11 is 0. The van der Waals surface area contributed by atoms with E-state index in [-0.39, 0.29) is 0 Å². The van der Waals surface area contributed by atoms with E-state index in [4.69, 9.17) is 4.74 Å². The highest BCUT2D eigenvalue weighted by molar-refractivity contribution is 5.56. The molecule has 1 aliphatic carbocycles. The number of nitrogens with one attached hydrogen (secondary N) is 1. The van der Waals surface area contributed by atoms with Crippen LogP contribution in [-0.4, -0.2) is 29.3 Å². The molecule has 0 amide bonds. The molecule has 0 unspecified atom stereocenters. The zero-order valence-corrected chi connectivity index (χ0v) is 12.8. The molecule has 0 aliphatic heterocycles. The number of anilines is 1. The summed E-state index contributed by atoms with van der Waals surface area (Å²) in [6, 6.07) is 1.96. The molecule has 1 aliphatic rings. The Morgan fingerprint density at radius 3 is 2.75 bits per heavy atom. The first kappa shape index (κ1) is 15.1. The summed E-state index contributed by atoms with van der Waals surface area (Å²) in [6.45, 7) is 4.76. The van der Waals surface area contributed by atoms with E-state index in [2.05, 4.69) is 17.2 Å². The van der Waals surface area contributed by atoms with E-state index in [0.717, 1.165) is 48.7 Å². The smallest absolute Gasteiger partial charge is 0.160 e. The molecule has 112 valence electrons. The van der Waals surface area contributed by atoms with Crippen molar-refractivity contribution < 1.29 is 9.84 Å². The van der Waals surface area contributed by atoms with Gasteiger partial charge in [0.05, 0.1) is 24.6 Å². The SMILES string of the molecule is CCC1CCC(O)(CNc2cc(C)ncc2OC)CC1. The van der Waals surface area contributed by atoms with Gasteiger partial charge in [0.1, 0.15) is 0 Å². The maximum absolute atomic E-state index is 10.7. The van der Waals surface area contributed by atoms with Gasteiger partial charge in [-0.15, -0.1) is 0 Å². The molecule has 4 heteroatoms. The fraction of sp³-hybridized carbons (Fsp3) is 0.688.